The first-order valence-corrected chi connectivity index (χ1v) is 11.4. The van der Waals surface area contributed by atoms with Crippen molar-refractivity contribution < 1.29 is 9.53 Å². The topological polar surface area (TPSA) is 29.5 Å². The van der Waals surface area contributed by atoms with Gasteiger partial charge in [-0.05, 0) is 65.8 Å². The third kappa shape index (κ3) is 6.82. The highest BCUT2D eigenvalue weighted by molar-refractivity contribution is 5.94. The third-order valence-electron chi connectivity index (χ3n) is 5.59. The van der Waals surface area contributed by atoms with Gasteiger partial charge in [-0.1, -0.05) is 81.0 Å². The van der Waals surface area contributed by atoms with Crippen LogP contribution in [-0.2, 0) is 11.3 Å². The lowest BCUT2D eigenvalue weighted by Crippen LogP contribution is -2.33. The van der Waals surface area contributed by atoms with Gasteiger partial charge in [0, 0.05) is 12.1 Å². The molecule has 0 aliphatic carbocycles. The molecule has 0 aromatic heterocycles. The number of hydrogen-bond acceptors (Lipinski definition) is 2. The van der Waals surface area contributed by atoms with E-state index in [2.05, 4.69) is 58.9 Å². The molecule has 0 radical (unpaired) electrons. The Hall–Kier alpha value is -3.33. The van der Waals surface area contributed by atoms with E-state index in [0.29, 0.717) is 13.0 Å². The Kier molecular flexibility index (Phi) is 7.75. The first-order chi connectivity index (χ1) is 15.7. The summed E-state index contributed by atoms with van der Waals surface area (Å²) in [6.07, 6.45) is 4.75. The molecule has 0 saturated heterocycles. The van der Waals surface area contributed by atoms with Gasteiger partial charge in [-0.2, -0.15) is 0 Å². The van der Waals surface area contributed by atoms with Crippen molar-refractivity contribution in [2.24, 2.45) is 5.41 Å². The highest BCUT2D eigenvalue weighted by Gasteiger charge is 2.23. The van der Waals surface area contributed by atoms with Crippen LogP contribution in [0.15, 0.2) is 66.7 Å². The molecule has 3 aromatic carbocycles. The van der Waals surface area contributed by atoms with Crippen molar-refractivity contribution in [3.63, 3.8) is 0 Å². The lowest BCUT2D eigenvalue weighted by Gasteiger charge is -2.28. The fourth-order valence-corrected chi connectivity index (χ4v) is 3.93. The highest BCUT2D eigenvalue weighted by atomic mass is 16.5. The molecular formula is C30H35NO2. The molecule has 0 heterocycles. The summed E-state index contributed by atoms with van der Waals surface area (Å²) < 4.78 is 5.26. The standard InChI is InChI=1S/C30H35NO2/c1-22-18-23(2)28(25(19-22)15-12-24-13-16-27(33-6)17-14-24)21-31(26-10-8-7-9-11-26)29(32)20-30(3,4)5/h7-19H,20-21H2,1-6H3. The van der Waals surface area contributed by atoms with Crippen LogP contribution in [0.5, 0.6) is 5.75 Å². The van der Waals surface area contributed by atoms with Gasteiger partial charge in [0.05, 0.1) is 13.7 Å². The molecule has 3 nitrogen and oxygen atoms in total. The largest absolute Gasteiger partial charge is 0.497 e. The van der Waals surface area contributed by atoms with Crippen molar-refractivity contribution in [2.75, 3.05) is 12.0 Å². The van der Waals surface area contributed by atoms with Crippen LogP contribution in [-0.4, -0.2) is 13.0 Å². The molecule has 0 aliphatic rings. The molecule has 172 valence electrons. The van der Waals surface area contributed by atoms with E-state index >= 15 is 0 Å². The van der Waals surface area contributed by atoms with Crippen molar-refractivity contribution in [1.29, 1.82) is 0 Å². The van der Waals surface area contributed by atoms with Crippen molar-refractivity contribution in [3.8, 4) is 5.75 Å². The van der Waals surface area contributed by atoms with Crippen molar-refractivity contribution >= 4 is 23.7 Å². The molecule has 33 heavy (non-hydrogen) atoms. The van der Waals surface area contributed by atoms with Crippen LogP contribution >= 0.6 is 0 Å². The summed E-state index contributed by atoms with van der Waals surface area (Å²) >= 11 is 0. The molecule has 0 unspecified atom stereocenters. The number of methoxy groups -OCH3 is 1. The second-order valence-electron chi connectivity index (χ2n) is 9.81. The molecule has 3 aromatic rings. The number of carbonyl (C=O) groups excluding carboxylic acids is 1. The SMILES string of the molecule is COc1ccc(C=Cc2cc(C)cc(C)c2CN(C(=O)CC(C)(C)C)c2ccccc2)cc1. The lowest BCUT2D eigenvalue weighted by atomic mass is 9.91. The zero-order chi connectivity index (χ0) is 24.0. The van der Waals surface area contributed by atoms with Gasteiger partial charge in [-0.25, -0.2) is 0 Å². The molecule has 1 amide bonds. The molecule has 3 rings (SSSR count). The van der Waals surface area contributed by atoms with Gasteiger partial charge in [0.25, 0.3) is 0 Å². The number of nitrogens with zero attached hydrogens (tertiary/aromatic N) is 1. The van der Waals surface area contributed by atoms with Gasteiger partial charge in [0.2, 0.25) is 5.91 Å². The summed E-state index contributed by atoms with van der Waals surface area (Å²) in [4.78, 5) is 15.3. The van der Waals surface area contributed by atoms with E-state index in [1.807, 2.05) is 59.5 Å². The van der Waals surface area contributed by atoms with E-state index in [1.165, 1.54) is 11.1 Å². The normalized spacial score (nSPS) is 11.6. The van der Waals surface area contributed by atoms with Crippen LogP contribution < -0.4 is 9.64 Å². The Morgan fingerprint density at radius 1 is 0.939 bits per heavy atom. The Morgan fingerprint density at radius 3 is 2.21 bits per heavy atom. The second kappa shape index (κ2) is 10.5. The zero-order valence-electron chi connectivity index (χ0n) is 20.7. The molecule has 0 spiro atoms. The third-order valence-corrected chi connectivity index (χ3v) is 5.59. The number of para-hydroxylation sites is 1. The first-order valence-electron chi connectivity index (χ1n) is 11.4. The summed E-state index contributed by atoms with van der Waals surface area (Å²) in [5, 5.41) is 0. The van der Waals surface area contributed by atoms with Gasteiger partial charge >= 0.3 is 0 Å². The van der Waals surface area contributed by atoms with Crippen LogP contribution in [0.25, 0.3) is 12.2 Å². The molecule has 0 aliphatic heterocycles. The summed E-state index contributed by atoms with van der Waals surface area (Å²) in [5.41, 5.74) is 6.64. The van der Waals surface area contributed by atoms with Crippen molar-refractivity contribution in [2.45, 2.75) is 47.6 Å². The maximum Gasteiger partial charge on any atom is 0.227 e. The average Bonchev–Trinajstić information content (AvgIpc) is 2.76. The monoisotopic (exact) mass is 441 g/mol. The van der Waals surface area contributed by atoms with Gasteiger partial charge in [-0.15, -0.1) is 0 Å². The number of rotatable bonds is 7. The van der Waals surface area contributed by atoms with Crippen LogP contribution in [0.4, 0.5) is 5.69 Å². The second-order valence-corrected chi connectivity index (χ2v) is 9.81. The minimum absolute atomic E-state index is 0.0798. The van der Waals surface area contributed by atoms with E-state index in [0.717, 1.165) is 28.1 Å². The molecule has 0 fully saturated rings. The zero-order valence-corrected chi connectivity index (χ0v) is 20.7. The maximum absolute atomic E-state index is 13.4. The van der Waals surface area contributed by atoms with Gasteiger partial charge in [-0.3, -0.25) is 4.79 Å². The predicted octanol–water partition coefficient (Wildman–Crippen LogP) is 7.45. The van der Waals surface area contributed by atoms with E-state index in [-0.39, 0.29) is 11.3 Å². The number of amides is 1. The number of ether oxygens (including phenoxy) is 1. The van der Waals surface area contributed by atoms with Gasteiger partial charge < -0.3 is 9.64 Å². The fourth-order valence-electron chi connectivity index (χ4n) is 3.93. The quantitative estimate of drug-likeness (QED) is 0.356. The molecule has 0 saturated carbocycles. The van der Waals surface area contributed by atoms with Gasteiger partial charge in [0.1, 0.15) is 5.75 Å². The summed E-state index contributed by atoms with van der Waals surface area (Å²) in [5.74, 6) is 0.980. The summed E-state index contributed by atoms with van der Waals surface area (Å²) in [6, 6.07) is 22.4. The van der Waals surface area contributed by atoms with Crippen molar-refractivity contribution in [3.05, 3.63) is 94.5 Å². The van der Waals surface area contributed by atoms with Gasteiger partial charge in [0.15, 0.2) is 0 Å². The number of aryl methyl sites for hydroxylation is 2. The lowest BCUT2D eigenvalue weighted by molar-refractivity contribution is -0.120. The molecule has 0 N–H and O–H groups in total. The number of carbonyl (C=O) groups is 1. The Bertz CT molecular complexity index is 1110. The minimum atomic E-state index is -0.0798. The van der Waals surface area contributed by atoms with Crippen LogP contribution in [0, 0.1) is 19.3 Å². The highest BCUT2D eigenvalue weighted by Crippen LogP contribution is 2.28. The summed E-state index contributed by atoms with van der Waals surface area (Å²) in [7, 11) is 1.67. The number of hydrogen-bond donors (Lipinski definition) is 0. The van der Waals surface area contributed by atoms with Crippen molar-refractivity contribution in [1.82, 2.24) is 0 Å². The summed E-state index contributed by atoms with van der Waals surface area (Å²) in [6.45, 7) is 11.1. The van der Waals surface area contributed by atoms with E-state index < -0.39 is 0 Å². The maximum atomic E-state index is 13.4. The Morgan fingerprint density at radius 2 is 1.61 bits per heavy atom. The van der Waals surface area contributed by atoms with Crippen LogP contribution in [0.2, 0.25) is 0 Å². The molecule has 0 atom stereocenters. The van der Waals surface area contributed by atoms with E-state index in [1.54, 1.807) is 7.11 Å². The minimum Gasteiger partial charge on any atom is -0.497 e. The molecule has 0 bridgehead atoms. The molecule has 3 heteroatoms. The number of anilines is 1. The Labute approximate surface area is 198 Å². The predicted molar refractivity (Wildman–Crippen MR) is 140 cm³/mol. The Balaban J connectivity index is 1.98. The fraction of sp³-hybridized carbons (Fsp3) is 0.300. The van der Waals surface area contributed by atoms with E-state index in [4.69, 9.17) is 4.74 Å². The van der Waals surface area contributed by atoms with E-state index in [9.17, 15) is 4.79 Å². The molecular weight excluding hydrogens is 406 g/mol. The first kappa shape index (κ1) is 24.3. The van der Waals surface area contributed by atoms with Crippen LogP contribution in [0.3, 0.4) is 0 Å². The average molecular weight is 442 g/mol. The van der Waals surface area contributed by atoms with Crippen LogP contribution in [0.1, 0.15) is 55.0 Å². The number of benzene rings is 3. The smallest absolute Gasteiger partial charge is 0.227 e.